The van der Waals surface area contributed by atoms with Crippen LogP contribution in [0.2, 0.25) is 0 Å². The van der Waals surface area contributed by atoms with Crippen molar-refractivity contribution < 1.29 is 0 Å². The average Bonchev–Trinajstić information content (AvgIpc) is 1.30. The molecule has 8 heavy (non-hydrogen) atoms. The van der Waals surface area contributed by atoms with Crippen molar-refractivity contribution in [1.29, 1.82) is 0 Å². The van der Waals surface area contributed by atoms with Gasteiger partial charge >= 0.3 is 0 Å². The summed E-state index contributed by atoms with van der Waals surface area (Å²) in [7, 11) is 0. The van der Waals surface area contributed by atoms with E-state index < -0.39 is 3.67 Å². The topological polar surface area (TPSA) is 30.5 Å². The smallest absolute Gasteiger partial charge is 0.124 e. The van der Waals surface area contributed by atoms with Crippen molar-refractivity contribution in [2.45, 2.75) is 17.5 Å². The van der Waals surface area contributed by atoms with Crippen molar-refractivity contribution in [3.05, 3.63) is 0 Å². The molecule has 0 aliphatic heterocycles. The third-order valence-electron chi connectivity index (χ3n) is 0.398. The summed E-state index contributed by atoms with van der Waals surface area (Å²) < 4.78 is -0.589. The van der Waals surface area contributed by atoms with Crippen LogP contribution in [-0.2, 0) is 0 Å². The Balaban J connectivity index is 0. The molecule has 0 amide bonds. The van der Waals surface area contributed by atoms with Crippen LogP contribution in [0.3, 0.4) is 0 Å². The predicted octanol–water partition coefficient (Wildman–Crippen LogP) is 2.41. The molecule has 0 aromatic rings. The highest BCUT2D eigenvalue weighted by Crippen LogP contribution is 2.32. The molecule has 0 unspecified atom stereocenters. The van der Waals surface area contributed by atoms with Crippen molar-refractivity contribution in [3.63, 3.8) is 0 Å². The first-order chi connectivity index (χ1) is 3.06. The first-order valence-electron chi connectivity index (χ1n) is 2.08. The van der Waals surface area contributed by atoms with Gasteiger partial charge in [-0.1, -0.05) is 30.1 Å². The van der Waals surface area contributed by atoms with E-state index in [9.17, 15) is 0 Å². The van der Waals surface area contributed by atoms with E-state index >= 15 is 0 Å². The van der Waals surface area contributed by atoms with Crippen LogP contribution in [0.4, 0.5) is 0 Å². The molecule has 3 radical (unpaired) electrons. The van der Waals surface area contributed by atoms with E-state index in [0.29, 0.717) is 0 Å². The lowest BCUT2D eigenvalue weighted by atomic mass is 10.9. The number of nitrogens with zero attached hydrogens (tertiary/aromatic N) is 1. The van der Waals surface area contributed by atoms with Crippen LogP contribution >= 0.6 is 35.0 Å². The lowest BCUT2D eigenvalue weighted by Crippen LogP contribution is -1.97. The van der Waals surface area contributed by atoms with Gasteiger partial charge in [-0.15, -0.1) is 11.8 Å². The summed E-state index contributed by atoms with van der Waals surface area (Å²) in [6.07, 6.45) is 0. The Morgan fingerprint density at radius 1 is 1.50 bits per heavy atom. The Kier molecular flexibility index (Phi) is 6.91. The summed E-state index contributed by atoms with van der Waals surface area (Å²) in [6, 6.07) is 0. The minimum Gasteiger partial charge on any atom is -0.124 e. The minimum absolute atomic E-state index is 0. The molecule has 1 nitrogen and oxygen atoms in total. The Morgan fingerprint density at radius 3 is 1.88 bits per heavy atom. The van der Waals surface area contributed by atoms with Gasteiger partial charge in [-0.25, -0.2) is 0 Å². The van der Waals surface area contributed by atoms with Gasteiger partial charge in [0.2, 0.25) is 0 Å². The van der Waals surface area contributed by atoms with Crippen LogP contribution in [0.25, 0.3) is 0 Å². The SMILES string of the molecule is CCSC(C)(Cl)Cl.[N]. The fourth-order valence-corrected chi connectivity index (χ4v) is 1.41. The number of hydrogen-bond donors (Lipinski definition) is 0. The van der Waals surface area contributed by atoms with Crippen LogP contribution in [0.5, 0.6) is 0 Å². The number of thioether (sulfide) groups is 1. The summed E-state index contributed by atoms with van der Waals surface area (Å²) in [5, 5.41) is 0. The Bertz CT molecular complexity index is 52.5. The molecule has 0 atom stereocenters. The van der Waals surface area contributed by atoms with Gasteiger partial charge in [0, 0.05) is 6.15 Å². The van der Waals surface area contributed by atoms with Crippen molar-refractivity contribution in [2.75, 3.05) is 5.75 Å². The zero-order valence-electron chi connectivity index (χ0n) is 4.82. The average molecular weight is 173 g/mol. The Morgan fingerprint density at radius 2 is 1.88 bits per heavy atom. The van der Waals surface area contributed by atoms with Gasteiger partial charge < -0.3 is 0 Å². The standard InChI is InChI=1S/C4H8Cl2S.N/c1-3-7-4(2,5)6;/h3H2,1-2H3;. The summed E-state index contributed by atoms with van der Waals surface area (Å²) in [4.78, 5) is 0. The number of alkyl halides is 2. The molecule has 49 valence electrons. The highest BCUT2D eigenvalue weighted by Gasteiger charge is 2.13. The van der Waals surface area contributed by atoms with E-state index in [1.54, 1.807) is 6.92 Å². The quantitative estimate of drug-likeness (QED) is 0.589. The molecule has 0 bridgehead atoms. The number of hydrogen-bond acceptors (Lipinski definition) is 1. The molecule has 0 aliphatic carbocycles. The van der Waals surface area contributed by atoms with Crippen LogP contribution in [-0.4, -0.2) is 9.42 Å². The largest absolute Gasteiger partial charge is 0.160 e. The maximum absolute atomic E-state index is 5.56. The van der Waals surface area contributed by atoms with Gasteiger partial charge in [-0.3, -0.25) is 0 Å². The van der Waals surface area contributed by atoms with Gasteiger partial charge in [0.05, 0.1) is 0 Å². The lowest BCUT2D eigenvalue weighted by Gasteiger charge is -2.08. The van der Waals surface area contributed by atoms with Gasteiger partial charge in [-0.2, -0.15) is 0 Å². The molecule has 0 fully saturated rings. The third kappa shape index (κ3) is 10.00. The van der Waals surface area contributed by atoms with E-state index in [-0.39, 0.29) is 6.15 Å². The fraction of sp³-hybridized carbons (Fsp3) is 1.00. The molecule has 0 aliphatic rings. The van der Waals surface area contributed by atoms with Crippen molar-refractivity contribution in [2.24, 2.45) is 0 Å². The summed E-state index contributed by atoms with van der Waals surface area (Å²) >= 11 is 12.6. The molecular weight excluding hydrogens is 165 g/mol. The monoisotopic (exact) mass is 172 g/mol. The van der Waals surface area contributed by atoms with Gasteiger partial charge in [0.1, 0.15) is 0 Å². The Hall–Kier alpha value is 0.890. The highest BCUT2D eigenvalue weighted by atomic mass is 35.5. The van der Waals surface area contributed by atoms with Crippen molar-refractivity contribution >= 4 is 35.0 Å². The molecule has 4 heteroatoms. The normalized spacial score (nSPS) is 10.5. The van der Waals surface area contributed by atoms with E-state index in [4.69, 9.17) is 23.2 Å². The van der Waals surface area contributed by atoms with E-state index in [2.05, 4.69) is 0 Å². The Labute approximate surface area is 64.7 Å². The summed E-state index contributed by atoms with van der Waals surface area (Å²) in [5.41, 5.74) is 0. The first kappa shape index (κ1) is 11.7. The minimum atomic E-state index is -0.589. The van der Waals surface area contributed by atoms with Gasteiger partial charge in [0.15, 0.2) is 3.67 Å². The fourth-order valence-electron chi connectivity index (χ4n) is 0.253. The molecular formula is C4H8Cl2NS. The second-order valence-corrected chi connectivity index (χ2v) is 5.08. The molecule has 0 rings (SSSR count). The van der Waals surface area contributed by atoms with E-state index in [1.165, 1.54) is 11.8 Å². The van der Waals surface area contributed by atoms with Crippen LogP contribution < -0.4 is 6.15 Å². The van der Waals surface area contributed by atoms with Gasteiger partial charge in [0.25, 0.3) is 0 Å². The molecule has 0 saturated heterocycles. The van der Waals surface area contributed by atoms with Crippen molar-refractivity contribution in [1.82, 2.24) is 6.15 Å². The zero-order chi connectivity index (χ0) is 5.91. The van der Waals surface area contributed by atoms with Crippen LogP contribution in [0, 0.1) is 0 Å². The lowest BCUT2D eigenvalue weighted by molar-refractivity contribution is 1.27. The second-order valence-electron chi connectivity index (χ2n) is 1.24. The maximum atomic E-state index is 5.56. The second kappa shape index (κ2) is 4.74. The van der Waals surface area contributed by atoms with Crippen LogP contribution in [0.15, 0.2) is 0 Å². The number of rotatable bonds is 2. The molecule has 0 aromatic carbocycles. The van der Waals surface area contributed by atoms with Gasteiger partial charge in [-0.05, 0) is 12.7 Å². The molecule has 0 aromatic heterocycles. The number of halogens is 2. The van der Waals surface area contributed by atoms with Crippen molar-refractivity contribution in [3.8, 4) is 0 Å². The third-order valence-corrected chi connectivity index (χ3v) is 1.85. The highest BCUT2D eigenvalue weighted by molar-refractivity contribution is 8.03. The maximum Gasteiger partial charge on any atom is 0.160 e. The summed E-state index contributed by atoms with van der Waals surface area (Å²) in [5.74, 6) is 0.962. The summed E-state index contributed by atoms with van der Waals surface area (Å²) in [6.45, 7) is 3.79. The molecule has 0 saturated carbocycles. The zero-order valence-corrected chi connectivity index (χ0v) is 7.15. The molecule has 0 heterocycles. The predicted molar refractivity (Wildman–Crippen MR) is 40.4 cm³/mol. The molecule has 0 N–H and O–H groups in total. The van der Waals surface area contributed by atoms with E-state index in [0.717, 1.165) is 5.75 Å². The molecule has 0 spiro atoms. The first-order valence-corrected chi connectivity index (χ1v) is 3.82. The van der Waals surface area contributed by atoms with E-state index in [1.807, 2.05) is 6.92 Å². The van der Waals surface area contributed by atoms with Crippen LogP contribution in [0.1, 0.15) is 13.8 Å².